The van der Waals surface area contributed by atoms with Crippen molar-refractivity contribution < 1.29 is 32.0 Å². The maximum Gasteiger partial charge on any atom is 0.303 e. The van der Waals surface area contributed by atoms with E-state index in [1.807, 2.05) is 36.9 Å². The summed E-state index contributed by atoms with van der Waals surface area (Å²) in [6, 6.07) is 11.6. The lowest BCUT2D eigenvalue weighted by Gasteiger charge is -2.35. The lowest BCUT2D eigenvalue weighted by Crippen LogP contribution is -2.48. The topological polar surface area (TPSA) is 136 Å². The Labute approximate surface area is 310 Å². The molecule has 2 aliphatic carbocycles. The summed E-state index contributed by atoms with van der Waals surface area (Å²) in [7, 11) is 0.400. The Bertz CT molecular complexity index is 2230. The summed E-state index contributed by atoms with van der Waals surface area (Å²) in [6.07, 6.45) is 9.40. The van der Waals surface area contributed by atoms with Crippen LogP contribution in [0.4, 0.5) is 0 Å². The molecule has 0 unspecified atom stereocenters. The van der Waals surface area contributed by atoms with Gasteiger partial charge in [-0.15, -0.1) is 0 Å². The predicted molar refractivity (Wildman–Crippen MR) is 202 cm³/mol. The summed E-state index contributed by atoms with van der Waals surface area (Å²) in [6.45, 7) is 5.23. The predicted octanol–water partition coefficient (Wildman–Crippen LogP) is 6.57. The van der Waals surface area contributed by atoms with E-state index < -0.39 is 16.1 Å². The fourth-order valence-corrected chi connectivity index (χ4v) is 9.01. The Balaban J connectivity index is 1.34. The monoisotopic (exact) mass is 741 g/mol. The smallest absolute Gasteiger partial charge is 0.303 e. The SMILES string of the molecule is COc1ccc2c(c1)C=C(c1c(C(=O)N3C[C@@H](C)O[C@@H](C)C3)noc1C1CC1)Cn1c-2c(C2CCCCC2)c2ccc(C(=O)NS(=O)(=O)N(C)C)cc21. The van der Waals surface area contributed by atoms with Crippen LogP contribution in [0.15, 0.2) is 40.9 Å². The molecule has 3 fully saturated rings. The quantitative estimate of drug-likeness (QED) is 0.214. The van der Waals surface area contributed by atoms with E-state index in [0.29, 0.717) is 37.0 Å². The van der Waals surface area contributed by atoms with E-state index in [4.69, 9.17) is 14.0 Å². The second-order valence-electron chi connectivity index (χ2n) is 15.3. The molecule has 0 spiro atoms. The Hall–Kier alpha value is -4.46. The van der Waals surface area contributed by atoms with Crippen LogP contribution in [0.1, 0.15) is 114 Å². The van der Waals surface area contributed by atoms with E-state index in [-0.39, 0.29) is 29.6 Å². The molecule has 0 bridgehead atoms. The van der Waals surface area contributed by atoms with Crippen LogP contribution in [0.3, 0.4) is 0 Å². The molecule has 280 valence electrons. The first-order valence-corrected chi connectivity index (χ1v) is 20.1. The molecule has 8 rings (SSSR count). The van der Waals surface area contributed by atoms with E-state index in [1.54, 1.807) is 19.2 Å². The fraction of sp³-hybridized carbons (Fsp3) is 0.475. The van der Waals surface area contributed by atoms with Crippen molar-refractivity contribution in [3.05, 3.63) is 70.1 Å². The third-order valence-electron chi connectivity index (χ3n) is 11.2. The van der Waals surface area contributed by atoms with Crippen LogP contribution >= 0.6 is 0 Å². The molecule has 2 saturated carbocycles. The van der Waals surface area contributed by atoms with Crippen molar-refractivity contribution in [2.24, 2.45) is 0 Å². The Morgan fingerprint density at radius 3 is 2.38 bits per heavy atom. The first-order valence-electron chi connectivity index (χ1n) is 18.7. The number of methoxy groups -OCH3 is 1. The van der Waals surface area contributed by atoms with Gasteiger partial charge in [-0.1, -0.05) is 30.5 Å². The van der Waals surface area contributed by atoms with Gasteiger partial charge in [-0.2, -0.15) is 12.7 Å². The first-order chi connectivity index (χ1) is 25.4. The third-order valence-corrected chi connectivity index (χ3v) is 12.6. The second-order valence-corrected chi connectivity index (χ2v) is 17.2. The standard InChI is InChI=1S/C40H47N5O7S/c1-23-20-44(21-24(2)51-23)40(47)36-35(38(52-41-36)26-11-12-26)29-17-28-18-30(50-5)14-16-31(28)37-34(25-9-7-6-8-10-25)32-15-13-27(19-33(32)45(37)22-29)39(46)42-53(48,49)43(3)4/h13-19,23-26H,6-12,20-22H2,1-5H3,(H,42,46)/t23-,24+. The normalized spacial score (nSPS) is 20.9. The van der Waals surface area contributed by atoms with Crippen molar-refractivity contribution in [3.63, 3.8) is 0 Å². The summed E-state index contributed by atoms with van der Waals surface area (Å²) in [5, 5.41) is 5.51. The molecule has 2 atom stereocenters. The maximum atomic E-state index is 14.4. The zero-order chi connectivity index (χ0) is 37.2. The molecule has 4 heterocycles. The highest BCUT2D eigenvalue weighted by molar-refractivity contribution is 7.87. The van der Waals surface area contributed by atoms with Gasteiger partial charge in [0.15, 0.2) is 5.69 Å². The van der Waals surface area contributed by atoms with Gasteiger partial charge in [0.05, 0.1) is 30.6 Å². The number of ether oxygens (including phenoxy) is 2. The summed E-state index contributed by atoms with van der Waals surface area (Å²) in [5.74, 6) is 1.01. The lowest BCUT2D eigenvalue weighted by atomic mass is 9.81. The lowest BCUT2D eigenvalue weighted by molar-refractivity contribution is -0.0588. The van der Waals surface area contributed by atoms with E-state index in [9.17, 15) is 18.0 Å². The number of aromatic nitrogens is 2. The number of hydrogen-bond acceptors (Lipinski definition) is 8. The van der Waals surface area contributed by atoms with Crippen LogP contribution in [-0.2, 0) is 21.5 Å². The van der Waals surface area contributed by atoms with Crippen molar-refractivity contribution in [2.75, 3.05) is 34.3 Å². The summed E-state index contributed by atoms with van der Waals surface area (Å²) in [4.78, 5) is 29.7. The van der Waals surface area contributed by atoms with Crippen molar-refractivity contribution in [3.8, 4) is 17.0 Å². The summed E-state index contributed by atoms with van der Waals surface area (Å²) < 4.78 is 48.5. The van der Waals surface area contributed by atoms with Crippen molar-refractivity contribution in [1.29, 1.82) is 0 Å². The van der Waals surface area contributed by atoms with Gasteiger partial charge in [0, 0.05) is 61.7 Å². The number of rotatable bonds is 8. The molecule has 1 saturated heterocycles. The van der Waals surface area contributed by atoms with Crippen LogP contribution in [-0.4, -0.2) is 85.7 Å². The number of amides is 2. The summed E-state index contributed by atoms with van der Waals surface area (Å²) in [5.41, 5.74) is 7.20. The Morgan fingerprint density at radius 1 is 0.962 bits per heavy atom. The highest BCUT2D eigenvalue weighted by atomic mass is 32.2. The van der Waals surface area contributed by atoms with Gasteiger partial charge in [-0.3, -0.25) is 9.59 Å². The van der Waals surface area contributed by atoms with Gasteiger partial charge in [0.2, 0.25) is 0 Å². The minimum atomic E-state index is -4.01. The van der Waals surface area contributed by atoms with Crippen molar-refractivity contribution in [2.45, 2.75) is 89.4 Å². The molecule has 4 aliphatic rings. The number of benzene rings is 2. The van der Waals surface area contributed by atoms with Gasteiger partial charge in [0.25, 0.3) is 11.8 Å². The van der Waals surface area contributed by atoms with Crippen LogP contribution in [0.25, 0.3) is 33.8 Å². The minimum absolute atomic E-state index is 0.108. The van der Waals surface area contributed by atoms with Gasteiger partial charge < -0.3 is 23.5 Å². The van der Waals surface area contributed by atoms with Crippen LogP contribution in [0, 0.1) is 0 Å². The van der Waals surface area contributed by atoms with E-state index in [0.717, 1.165) is 87.5 Å². The van der Waals surface area contributed by atoms with Crippen molar-refractivity contribution >= 4 is 44.6 Å². The van der Waals surface area contributed by atoms with Gasteiger partial charge in [-0.25, -0.2) is 4.72 Å². The highest BCUT2D eigenvalue weighted by Crippen LogP contribution is 2.50. The number of hydrogen-bond donors (Lipinski definition) is 1. The van der Waals surface area contributed by atoms with E-state index in [1.165, 1.54) is 26.1 Å². The molecule has 1 N–H and O–H groups in total. The first kappa shape index (κ1) is 35.6. The molecule has 0 radical (unpaired) electrons. The maximum absolute atomic E-state index is 14.4. The molecule has 2 amide bonds. The molecule has 2 aliphatic heterocycles. The van der Waals surface area contributed by atoms with E-state index >= 15 is 0 Å². The zero-order valence-electron chi connectivity index (χ0n) is 31.0. The molecule has 12 nitrogen and oxygen atoms in total. The van der Waals surface area contributed by atoms with Crippen molar-refractivity contribution in [1.82, 2.24) is 23.7 Å². The largest absolute Gasteiger partial charge is 0.497 e. The average molecular weight is 742 g/mol. The minimum Gasteiger partial charge on any atom is -0.497 e. The molecular weight excluding hydrogens is 695 g/mol. The molecule has 4 aromatic rings. The molecule has 13 heteroatoms. The fourth-order valence-electron chi connectivity index (χ4n) is 8.48. The third kappa shape index (κ3) is 6.57. The zero-order valence-corrected chi connectivity index (χ0v) is 31.8. The van der Waals surface area contributed by atoms with E-state index in [2.05, 4.69) is 26.6 Å². The number of allylic oxidation sites excluding steroid dienone is 1. The highest BCUT2D eigenvalue weighted by Gasteiger charge is 2.39. The number of carbonyl (C=O) groups is 2. The molecule has 2 aromatic heterocycles. The number of fused-ring (bicyclic) bond motifs is 5. The Morgan fingerprint density at radius 2 is 1.70 bits per heavy atom. The van der Waals surface area contributed by atoms with Crippen LogP contribution in [0.2, 0.25) is 0 Å². The van der Waals surface area contributed by atoms with Gasteiger partial charge in [-0.05, 0) is 98.6 Å². The van der Waals surface area contributed by atoms with Gasteiger partial charge in [0.1, 0.15) is 11.5 Å². The number of morpholine rings is 1. The molecular formula is C40H47N5O7S. The second kappa shape index (κ2) is 13.7. The number of nitrogens with one attached hydrogen (secondary N) is 1. The number of nitrogens with zero attached hydrogens (tertiary/aromatic N) is 4. The Kier molecular flexibility index (Phi) is 9.23. The molecule has 53 heavy (non-hydrogen) atoms. The van der Waals surface area contributed by atoms with Crippen LogP contribution in [0.5, 0.6) is 5.75 Å². The van der Waals surface area contributed by atoms with Gasteiger partial charge >= 0.3 is 10.2 Å². The number of carbonyl (C=O) groups excluding carboxylic acids is 2. The average Bonchev–Trinajstić information content (AvgIpc) is 3.84. The molecule has 2 aromatic carbocycles. The van der Waals surface area contributed by atoms with Crippen LogP contribution < -0.4 is 9.46 Å². The summed E-state index contributed by atoms with van der Waals surface area (Å²) >= 11 is 0.